The van der Waals surface area contributed by atoms with Crippen LogP contribution in [0, 0.1) is 11.8 Å². The molecular weight excluding hydrogens is 160 g/mol. The topological polar surface area (TPSA) is 38.0 Å². The second-order valence-corrected chi connectivity index (χ2v) is 4.72. The number of hydrogen-bond acceptors (Lipinski definition) is 2. The fraction of sp³-hybridized carbons (Fsp3) is 1.00. The smallest absolute Gasteiger partial charge is 0.00722 e. The monoisotopic (exact) mass is 184 g/mol. The second kappa shape index (κ2) is 5.61. The Morgan fingerprint density at radius 1 is 1.46 bits per heavy atom. The molecule has 0 radical (unpaired) electrons. The highest BCUT2D eigenvalue weighted by molar-refractivity contribution is 4.82. The van der Waals surface area contributed by atoms with Crippen molar-refractivity contribution in [3.05, 3.63) is 0 Å². The largest absolute Gasteiger partial charge is 0.330 e. The van der Waals surface area contributed by atoms with Gasteiger partial charge in [0.1, 0.15) is 0 Å². The lowest BCUT2D eigenvalue weighted by Gasteiger charge is -2.34. The molecule has 2 nitrogen and oxygen atoms in total. The average molecular weight is 184 g/mol. The lowest BCUT2D eigenvalue weighted by Crippen LogP contribution is -2.41. The summed E-state index contributed by atoms with van der Waals surface area (Å²) in [4.78, 5) is 0. The minimum atomic E-state index is 0.791. The van der Waals surface area contributed by atoms with E-state index in [1.807, 2.05) is 0 Å². The van der Waals surface area contributed by atoms with Gasteiger partial charge in [-0.15, -0.1) is 0 Å². The predicted molar refractivity (Wildman–Crippen MR) is 57.6 cm³/mol. The van der Waals surface area contributed by atoms with E-state index in [-0.39, 0.29) is 0 Å². The molecule has 0 aromatic rings. The molecule has 2 heteroatoms. The Labute approximate surface area is 82.3 Å². The van der Waals surface area contributed by atoms with Gasteiger partial charge in [-0.1, -0.05) is 13.8 Å². The highest BCUT2D eigenvalue weighted by atomic mass is 14.9. The summed E-state index contributed by atoms with van der Waals surface area (Å²) >= 11 is 0. The molecule has 78 valence electrons. The van der Waals surface area contributed by atoms with E-state index in [0.29, 0.717) is 0 Å². The maximum absolute atomic E-state index is 5.47. The SMILES string of the molecule is CC(CCCN)CNC1CC(C)C1. The minimum Gasteiger partial charge on any atom is -0.330 e. The molecule has 1 rings (SSSR count). The zero-order valence-electron chi connectivity index (χ0n) is 9.05. The fourth-order valence-corrected chi connectivity index (χ4v) is 2.01. The Balaban J connectivity index is 1.92. The van der Waals surface area contributed by atoms with Crippen LogP contribution in [0.25, 0.3) is 0 Å². The van der Waals surface area contributed by atoms with E-state index in [1.54, 1.807) is 0 Å². The maximum atomic E-state index is 5.47. The summed E-state index contributed by atoms with van der Waals surface area (Å²) in [6, 6.07) is 0.815. The van der Waals surface area contributed by atoms with Crippen LogP contribution >= 0.6 is 0 Å². The summed E-state index contributed by atoms with van der Waals surface area (Å²) < 4.78 is 0. The predicted octanol–water partition coefficient (Wildman–Crippen LogP) is 1.75. The van der Waals surface area contributed by atoms with Crippen LogP contribution in [0.2, 0.25) is 0 Å². The van der Waals surface area contributed by atoms with Crippen LogP contribution in [0.1, 0.15) is 39.5 Å². The lowest BCUT2D eigenvalue weighted by molar-refractivity contribution is 0.232. The first kappa shape index (κ1) is 11.0. The van der Waals surface area contributed by atoms with Gasteiger partial charge in [0.2, 0.25) is 0 Å². The van der Waals surface area contributed by atoms with Crippen molar-refractivity contribution in [2.75, 3.05) is 13.1 Å². The molecule has 3 N–H and O–H groups in total. The third kappa shape index (κ3) is 4.10. The zero-order chi connectivity index (χ0) is 9.68. The van der Waals surface area contributed by atoms with Crippen LogP contribution in [0.3, 0.4) is 0 Å². The molecule has 13 heavy (non-hydrogen) atoms. The van der Waals surface area contributed by atoms with Gasteiger partial charge in [0, 0.05) is 6.04 Å². The van der Waals surface area contributed by atoms with Crippen molar-refractivity contribution in [1.82, 2.24) is 5.32 Å². The summed E-state index contributed by atoms with van der Waals surface area (Å²) in [7, 11) is 0. The normalized spacial score (nSPS) is 29.8. The molecule has 0 spiro atoms. The number of nitrogens with two attached hydrogens (primary N) is 1. The van der Waals surface area contributed by atoms with Crippen molar-refractivity contribution in [2.45, 2.75) is 45.6 Å². The lowest BCUT2D eigenvalue weighted by atomic mass is 9.81. The first-order valence-corrected chi connectivity index (χ1v) is 5.65. The number of rotatable bonds is 6. The highest BCUT2D eigenvalue weighted by Gasteiger charge is 2.24. The van der Waals surface area contributed by atoms with E-state index < -0.39 is 0 Å². The molecule has 1 unspecified atom stereocenters. The highest BCUT2D eigenvalue weighted by Crippen LogP contribution is 2.26. The molecule has 0 aliphatic heterocycles. The third-order valence-electron chi connectivity index (χ3n) is 3.03. The fourth-order valence-electron chi connectivity index (χ4n) is 2.01. The summed E-state index contributed by atoms with van der Waals surface area (Å²) in [6.45, 7) is 6.66. The van der Waals surface area contributed by atoms with Gasteiger partial charge in [-0.3, -0.25) is 0 Å². The molecule has 0 heterocycles. The van der Waals surface area contributed by atoms with Gasteiger partial charge in [0.15, 0.2) is 0 Å². The molecule has 0 saturated heterocycles. The van der Waals surface area contributed by atoms with E-state index in [0.717, 1.165) is 24.4 Å². The van der Waals surface area contributed by atoms with Gasteiger partial charge in [0.25, 0.3) is 0 Å². The van der Waals surface area contributed by atoms with E-state index in [1.165, 1.54) is 32.2 Å². The van der Waals surface area contributed by atoms with Gasteiger partial charge in [-0.2, -0.15) is 0 Å². The van der Waals surface area contributed by atoms with Crippen molar-refractivity contribution in [1.29, 1.82) is 0 Å². The molecule has 1 fully saturated rings. The van der Waals surface area contributed by atoms with Crippen LogP contribution in [-0.2, 0) is 0 Å². The summed E-state index contributed by atoms with van der Waals surface area (Å²) in [5, 5.41) is 3.62. The number of hydrogen-bond donors (Lipinski definition) is 2. The van der Waals surface area contributed by atoms with Gasteiger partial charge >= 0.3 is 0 Å². The maximum Gasteiger partial charge on any atom is 0.00722 e. The summed E-state index contributed by atoms with van der Waals surface area (Å²) in [6.07, 6.45) is 5.20. The van der Waals surface area contributed by atoms with Gasteiger partial charge < -0.3 is 11.1 Å². The van der Waals surface area contributed by atoms with Crippen LogP contribution in [-0.4, -0.2) is 19.1 Å². The van der Waals surface area contributed by atoms with Gasteiger partial charge in [0.05, 0.1) is 0 Å². The van der Waals surface area contributed by atoms with Crippen molar-refractivity contribution in [3.8, 4) is 0 Å². The van der Waals surface area contributed by atoms with Crippen molar-refractivity contribution in [3.63, 3.8) is 0 Å². The third-order valence-corrected chi connectivity index (χ3v) is 3.03. The Morgan fingerprint density at radius 3 is 2.69 bits per heavy atom. The van der Waals surface area contributed by atoms with Crippen molar-refractivity contribution >= 4 is 0 Å². The Morgan fingerprint density at radius 2 is 2.15 bits per heavy atom. The van der Waals surface area contributed by atoms with E-state index in [2.05, 4.69) is 19.2 Å². The molecule has 1 aliphatic rings. The quantitative estimate of drug-likeness (QED) is 0.660. The molecule has 0 aromatic heterocycles. The molecule has 0 aromatic carbocycles. The average Bonchev–Trinajstić information content (AvgIpc) is 2.07. The van der Waals surface area contributed by atoms with Crippen molar-refractivity contribution in [2.24, 2.45) is 17.6 Å². The molecular formula is C11H24N2. The van der Waals surface area contributed by atoms with E-state index in [9.17, 15) is 0 Å². The molecule has 1 saturated carbocycles. The van der Waals surface area contributed by atoms with Crippen LogP contribution in [0.15, 0.2) is 0 Å². The Kier molecular flexibility index (Phi) is 4.74. The summed E-state index contributed by atoms with van der Waals surface area (Å²) in [5.41, 5.74) is 5.47. The first-order chi connectivity index (χ1) is 6.22. The van der Waals surface area contributed by atoms with Crippen molar-refractivity contribution < 1.29 is 0 Å². The first-order valence-electron chi connectivity index (χ1n) is 5.65. The Hall–Kier alpha value is -0.0800. The second-order valence-electron chi connectivity index (χ2n) is 4.72. The van der Waals surface area contributed by atoms with Gasteiger partial charge in [-0.05, 0) is 50.6 Å². The van der Waals surface area contributed by atoms with Crippen LogP contribution < -0.4 is 11.1 Å². The number of nitrogens with one attached hydrogen (secondary N) is 1. The molecule has 0 amide bonds. The van der Waals surface area contributed by atoms with Crippen LogP contribution in [0.5, 0.6) is 0 Å². The van der Waals surface area contributed by atoms with E-state index >= 15 is 0 Å². The summed E-state index contributed by atoms with van der Waals surface area (Å²) in [5.74, 6) is 1.75. The van der Waals surface area contributed by atoms with Crippen LogP contribution in [0.4, 0.5) is 0 Å². The zero-order valence-corrected chi connectivity index (χ0v) is 9.05. The molecule has 0 bridgehead atoms. The molecule has 1 aliphatic carbocycles. The molecule has 1 atom stereocenters. The Bertz CT molecular complexity index is 130. The van der Waals surface area contributed by atoms with E-state index in [4.69, 9.17) is 5.73 Å². The minimum absolute atomic E-state index is 0.791. The standard InChI is InChI=1S/C11H24N2/c1-9(4-3-5-12)8-13-11-6-10(2)7-11/h9-11,13H,3-8,12H2,1-2H3. The van der Waals surface area contributed by atoms with Gasteiger partial charge in [-0.25, -0.2) is 0 Å².